The maximum atomic E-state index is 11.0. The summed E-state index contributed by atoms with van der Waals surface area (Å²) in [5.41, 5.74) is 0. The van der Waals surface area contributed by atoms with Crippen LogP contribution >= 0.6 is 0 Å². The van der Waals surface area contributed by atoms with E-state index in [1.807, 2.05) is 0 Å². The Balaban J connectivity index is 3.88. The minimum Gasteiger partial charge on any atom is -0.466 e. The lowest BCUT2D eigenvalue weighted by molar-refractivity contribution is -0.149. The van der Waals surface area contributed by atoms with E-state index < -0.39 is 0 Å². The second kappa shape index (κ2) is 8.95. The molecule has 2 unspecified atom stereocenters. The summed E-state index contributed by atoms with van der Waals surface area (Å²) in [6, 6.07) is 0. The molecule has 0 aromatic rings. The summed E-state index contributed by atoms with van der Waals surface area (Å²) >= 11 is 0. The fourth-order valence-electron chi connectivity index (χ4n) is 1.74. The van der Waals surface area contributed by atoms with Crippen molar-refractivity contribution in [3.63, 3.8) is 0 Å². The zero-order valence-electron chi connectivity index (χ0n) is 12.2. The second-order valence-electron chi connectivity index (χ2n) is 5.20. The standard InChI is InChI=1S/C14H26O4/c1-10(2)14(18-13(5)16)7-6-11(3)8-9-17-12(4)15/h10-11,14H,6-9H2,1-5H3. The molecule has 0 spiro atoms. The summed E-state index contributed by atoms with van der Waals surface area (Å²) in [7, 11) is 0. The summed E-state index contributed by atoms with van der Waals surface area (Å²) in [6.07, 6.45) is 2.67. The Labute approximate surface area is 110 Å². The van der Waals surface area contributed by atoms with Crippen LogP contribution in [-0.2, 0) is 19.1 Å². The van der Waals surface area contributed by atoms with Gasteiger partial charge in [0.15, 0.2) is 0 Å². The lowest BCUT2D eigenvalue weighted by Crippen LogP contribution is -2.23. The van der Waals surface area contributed by atoms with Gasteiger partial charge in [-0.2, -0.15) is 0 Å². The van der Waals surface area contributed by atoms with E-state index in [0.29, 0.717) is 18.4 Å². The molecule has 0 aromatic heterocycles. The van der Waals surface area contributed by atoms with Crippen LogP contribution < -0.4 is 0 Å². The molecule has 0 aliphatic rings. The monoisotopic (exact) mass is 258 g/mol. The molecule has 0 rings (SSSR count). The van der Waals surface area contributed by atoms with Crippen LogP contribution in [0.4, 0.5) is 0 Å². The number of esters is 2. The first-order valence-electron chi connectivity index (χ1n) is 6.63. The molecular formula is C14H26O4. The molecule has 0 aromatic carbocycles. The van der Waals surface area contributed by atoms with E-state index in [9.17, 15) is 9.59 Å². The van der Waals surface area contributed by atoms with Crippen molar-refractivity contribution in [2.45, 2.75) is 60.0 Å². The SMILES string of the molecule is CC(=O)OCCC(C)CCC(OC(C)=O)C(C)C. The predicted molar refractivity (Wildman–Crippen MR) is 70.0 cm³/mol. The molecule has 0 bridgehead atoms. The molecule has 106 valence electrons. The number of carbonyl (C=O) groups excluding carboxylic acids is 2. The predicted octanol–water partition coefficient (Wildman–Crippen LogP) is 2.94. The summed E-state index contributed by atoms with van der Waals surface area (Å²) in [4.78, 5) is 21.6. The maximum absolute atomic E-state index is 11.0. The van der Waals surface area contributed by atoms with Crippen molar-refractivity contribution in [3.8, 4) is 0 Å². The van der Waals surface area contributed by atoms with Crippen molar-refractivity contribution in [1.29, 1.82) is 0 Å². The second-order valence-corrected chi connectivity index (χ2v) is 5.20. The maximum Gasteiger partial charge on any atom is 0.302 e. The smallest absolute Gasteiger partial charge is 0.302 e. The van der Waals surface area contributed by atoms with Crippen LogP contribution in [0.3, 0.4) is 0 Å². The molecule has 0 fully saturated rings. The summed E-state index contributed by atoms with van der Waals surface area (Å²) in [6.45, 7) is 9.55. The number of hydrogen-bond donors (Lipinski definition) is 0. The summed E-state index contributed by atoms with van der Waals surface area (Å²) < 4.78 is 10.2. The Morgan fingerprint density at radius 2 is 1.56 bits per heavy atom. The van der Waals surface area contributed by atoms with E-state index in [1.165, 1.54) is 13.8 Å². The summed E-state index contributed by atoms with van der Waals surface area (Å²) in [5, 5.41) is 0. The molecule has 0 heterocycles. The Kier molecular flexibility index (Phi) is 8.42. The number of carbonyl (C=O) groups is 2. The molecule has 2 atom stereocenters. The highest BCUT2D eigenvalue weighted by Gasteiger charge is 2.17. The van der Waals surface area contributed by atoms with Crippen molar-refractivity contribution in [3.05, 3.63) is 0 Å². The van der Waals surface area contributed by atoms with Gasteiger partial charge in [0.2, 0.25) is 0 Å². The summed E-state index contributed by atoms with van der Waals surface area (Å²) in [5.74, 6) is 0.333. The fraction of sp³-hybridized carbons (Fsp3) is 0.857. The molecule has 0 saturated carbocycles. The van der Waals surface area contributed by atoms with Crippen molar-refractivity contribution in [2.24, 2.45) is 11.8 Å². The van der Waals surface area contributed by atoms with Crippen molar-refractivity contribution in [1.82, 2.24) is 0 Å². The topological polar surface area (TPSA) is 52.6 Å². The highest BCUT2D eigenvalue weighted by atomic mass is 16.5. The van der Waals surface area contributed by atoms with Crippen molar-refractivity contribution in [2.75, 3.05) is 6.61 Å². The quantitative estimate of drug-likeness (QED) is 0.628. The first-order valence-corrected chi connectivity index (χ1v) is 6.63. The van der Waals surface area contributed by atoms with E-state index in [0.717, 1.165) is 19.3 Å². The number of rotatable bonds is 8. The van der Waals surface area contributed by atoms with Crippen LogP contribution in [0.25, 0.3) is 0 Å². The lowest BCUT2D eigenvalue weighted by Gasteiger charge is -2.22. The molecule has 0 N–H and O–H groups in total. The van der Waals surface area contributed by atoms with Gasteiger partial charge in [-0.05, 0) is 31.1 Å². The Morgan fingerprint density at radius 1 is 0.944 bits per heavy atom. The van der Waals surface area contributed by atoms with Gasteiger partial charge in [-0.15, -0.1) is 0 Å². The van der Waals surface area contributed by atoms with Gasteiger partial charge in [0.05, 0.1) is 6.61 Å². The van der Waals surface area contributed by atoms with Gasteiger partial charge in [0, 0.05) is 13.8 Å². The van der Waals surface area contributed by atoms with Gasteiger partial charge in [-0.25, -0.2) is 0 Å². The zero-order chi connectivity index (χ0) is 14.1. The van der Waals surface area contributed by atoms with Crippen LogP contribution in [0.5, 0.6) is 0 Å². The van der Waals surface area contributed by atoms with Crippen molar-refractivity contribution < 1.29 is 19.1 Å². The van der Waals surface area contributed by atoms with E-state index in [4.69, 9.17) is 9.47 Å². The van der Waals surface area contributed by atoms with Gasteiger partial charge in [-0.1, -0.05) is 20.8 Å². The minimum atomic E-state index is -0.234. The van der Waals surface area contributed by atoms with E-state index >= 15 is 0 Å². The third-order valence-corrected chi connectivity index (χ3v) is 2.92. The largest absolute Gasteiger partial charge is 0.466 e. The average Bonchev–Trinajstić information content (AvgIpc) is 2.22. The molecule has 0 radical (unpaired) electrons. The van der Waals surface area contributed by atoms with E-state index in [-0.39, 0.29) is 18.0 Å². The fourth-order valence-corrected chi connectivity index (χ4v) is 1.74. The van der Waals surface area contributed by atoms with Crippen LogP contribution in [0, 0.1) is 11.8 Å². The average molecular weight is 258 g/mol. The van der Waals surface area contributed by atoms with Gasteiger partial charge in [-0.3, -0.25) is 9.59 Å². The van der Waals surface area contributed by atoms with Gasteiger partial charge in [0.1, 0.15) is 6.10 Å². The van der Waals surface area contributed by atoms with Crippen molar-refractivity contribution >= 4 is 11.9 Å². The molecule has 0 amide bonds. The van der Waals surface area contributed by atoms with Gasteiger partial charge >= 0.3 is 11.9 Å². The highest BCUT2D eigenvalue weighted by molar-refractivity contribution is 5.66. The molecule has 18 heavy (non-hydrogen) atoms. The first-order chi connectivity index (χ1) is 8.32. The third kappa shape index (κ3) is 9.02. The normalized spacial score (nSPS) is 14.1. The first kappa shape index (κ1) is 16.9. The Morgan fingerprint density at radius 3 is 2.00 bits per heavy atom. The number of hydrogen-bond acceptors (Lipinski definition) is 4. The minimum absolute atomic E-state index is 0.0151. The Bertz CT molecular complexity index is 261. The van der Waals surface area contributed by atoms with Crippen LogP contribution in [0.15, 0.2) is 0 Å². The van der Waals surface area contributed by atoms with Crippen LogP contribution in [-0.4, -0.2) is 24.6 Å². The molecule has 0 aliphatic carbocycles. The van der Waals surface area contributed by atoms with E-state index in [1.54, 1.807) is 0 Å². The highest BCUT2D eigenvalue weighted by Crippen LogP contribution is 2.18. The van der Waals surface area contributed by atoms with E-state index in [2.05, 4.69) is 20.8 Å². The molecule has 4 nitrogen and oxygen atoms in total. The molecule has 0 aliphatic heterocycles. The third-order valence-electron chi connectivity index (χ3n) is 2.92. The zero-order valence-corrected chi connectivity index (χ0v) is 12.2. The molecular weight excluding hydrogens is 232 g/mol. The Hall–Kier alpha value is -1.06. The van der Waals surface area contributed by atoms with Crippen LogP contribution in [0.1, 0.15) is 53.9 Å². The molecule has 4 heteroatoms. The van der Waals surface area contributed by atoms with Gasteiger partial charge in [0.25, 0.3) is 0 Å². The van der Waals surface area contributed by atoms with Gasteiger partial charge < -0.3 is 9.47 Å². The number of ether oxygens (including phenoxy) is 2. The lowest BCUT2D eigenvalue weighted by atomic mass is 9.95. The van der Waals surface area contributed by atoms with Crippen LogP contribution in [0.2, 0.25) is 0 Å². The molecule has 0 saturated heterocycles.